The van der Waals surface area contributed by atoms with Gasteiger partial charge in [0.2, 0.25) is 5.88 Å². The number of nitrogens with one attached hydrogen (secondary N) is 1. The zero-order chi connectivity index (χ0) is 11.7. The van der Waals surface area contributed by atoms with Gasteiger partial charge in [0.25, 0.3) is 0 Å². The van der Waals surface area contributed by atoms with Crippen molar-refractivity contribution in [3.05, 3.63) is 18.0 Å². The van der Waals surface area contributed by atoms with E-state index in [1.165, 1.54) is 12.8 Å². The number of ether oxygens (including phenoxy) is 1. The highest BCUT2D eigenvalue weighted by atomic mass is 16.5. The summed E-state index contributed by atoms with van der Waals surface area (Å²) in [7, 11) is 1.61. The summed E-state index contributed by atoms with van der Waals surface area (Å²) >= 11 is 0. The Bertz CT molecular complexity index is 518. The molecule has 90 valence electrons. The summed E-state index contributed by atoms with van der Waals surface area (Å²) < 4.78 is 6.89. The summed E-state index contributed by atoms with van der Waals surface area (Å²) in [6, 6.07) is 3.91. The summed E-state index contributed by atoms with van der Waals surface area (Å²) in [5.41, 5.74) is 0.758. The molecular weight excluding hydrogens is 218 g/mol. The van der Waals surface area contributed by atoms with Gasteiger partial charge in [0.1, 0.15) is 0 Å². The number of rotatable bonds is 2. The molecule has 17 heavy (non-hydrogen) atoms. The summed E-state index contributed by atoms with van der Waals surface area (Å²) in [5.74, 6) is 1.45. The van der Waals surface area contributed by atoms with Crippen molar-refractivity contribution in [2.45, 2.75) is 25.3 Å². The molecule has 1 aliphatic rings. The lowest BCUT2D eigenvalue weighted by Gasteiger charge is -2.21. The van der Waals surface area contributed by atoms with E-state index in [0.717, 1.165) is 24.4 Å². The molecule has 1 N–H and O–H groups in total. The summed E-state index contributed by atoms with van der Waals surface area (Å²) in [5, 5.41) is 16.2. The molecule has 1 atom stereocenters. The lowest BCUT2D eigenvalue weighted by Crippen LogP contribution is -2.28. The van der Waals surface area contributed by atoms with Crippen LogP contribution in [0.4, 0.5) is 0 Å². The monoisotopic (exact) mass is 233 g/mol. The molecule has 3 heterocycles. The highest BCUT2D eigenvalue weighted by Crippen LogP contribution is 2.21. The molecule has 0 radical (unpaired) electrons. The summed E-state index contributed by atoms with van der Waals surface area (Å²) in [6.07, 6.45) is 3.53. The molecule has 6 heteroatoms. The van der Waals surface area contributed by atoms with E-state index in [2.05, 4.69) is 20.6 Å². The lowest BCUT2D eigenvalue weighted by atomic mass is 10.0. The first-order valence-electron chi connectivity index (χ1n) is 5.88. The normalized spacial score (nSPS) is 20.6. The summed E-state index contributed by atoms with van der Waals surface area (Å²) in [6.45, 7) is 1.03. The minimum atomic E-state index is 0.248. The van der Waals surface area contributed by atoms with Crippen LogP contribution >= 0.6 is 0 Å². The number of nitrogens with zero attached hydrogens (tertiary/aromatic N) is 4. The molecule has 1 saturated heterocycles. The van der Waals surface area contributed by atoms with Gasteiger partial charge in [-0.15, -0.1) is 15.3 Å². The van der Waals surface area contributed by atoms with E-state index in [9.17, 15) is 0 Å². The third kappa shape index (κ3) is 1.84. The Labute approximate surface area is 99.0 Å². The molecule has 0 aromatic carbocycles. The number of fused-ring (bicyclic) bond motifs is 1. The predicted octanol–water partition coefficient (Wildman–Crippen LogP) is 0.947. The van der Waals surface area contributed by atoms with Gasteiger partial charge in [-0.2, -0.15) is 4.52 Å². The van der Waals surface area contributed by atoms with Gasteiger partial charge < -0.3 is 10.1 Å². The smallest absolute Gasteiger partial charge is 0.231 e. The average molecular weight is 233 g/mol. The number of hydrogen-bond acceptors (Lipinski definition) is 5. The van der Waals surface area contributed by atoms with E-state index in [1.807, 2.05) is 6.07 Å². The second-order valence-electron chi connectivity index (χ2n) is 4.21. The van der Waals surface area contributed by atoms with Crippen LogP contribution in [0.1, 0.15) is 31.1 Å². The Balaban J connectivity index is 2.02. The molecule has 0 spiro atoms. The van der Waals surface area contributed by atoms with Crippen molar-refractivity contribution in [1.29, 1.82) is 0 Å². The van der Waals surface area contributed by atoms with Crippen LogP contribution in [0.3, 0.4) is 0 Å². The van der Waals surface area contributed by atoms with Crippen LogP contribution in [0.15, 0.2) is 12.1 Å². The molecule has 1 aliphatic heterocycles. The van der Waals surface area contributed by atoms with E-state index >= 15 is 0 Å². The van der Waals surface area contributed by atoms with E-state index < -0.39 is 0 Å². The molecule has 1 fully saturated rings. The van der Waals surface area contributed by atoms with Crippen LogP contribution in [0, 0.1) is 0 Å². The van der Waals surface area contributed by atoms with Crippen LogP contribution in [0.2, 0.25) is 0 Å². The predicted molar refractivity (Wildman–Crippen MR) is 61.9 cm³/mol. The minimum Gasteiger partial charge on any atom is -0.480 e. The zero-order valence-corrected chi connectivity index (χ0v) is 9.76. The SMILES string of the molecule is COc1ccc2nnc(C3CCCCN3)n2n1. The first kappa shape index (κ1) is 10.5. The van der Waals surface area contributed by atoms with Gasteiger partial charge in [-0.25, -0.2) is 0 Å². The molecule has 0 bridgehead atoms. The van der Waals surface area contributed by atoms with Crippen LogP contribution in [0.5, 0.6) is 5.88 Å². The second-order valence-corrected chi connectivity index (χ2v) is 4.21. The van der Waals surface area contributed by atoms with Crippen LogP contribution < -0.4 is 10.1 Å². The van der Waals surface area contributed by atoms with Crippen molar-refractivity contribution in [2.75, 3.05) is 13.7 Å². The fourth-order valence-corrected chi connectivity index (χ4v) is 2.19. The van der Waals surface area contributed by atoms with E-state index in [-0.39, 0.29) is 6.04 Å². The highest BCUT2D eigenvalue weighted by molar-refractivity contribution is 5.37. The van der Waals surface area contributed by atoms with Gasteiger partial charge in [0.05, 0.1) is 13.2 Å². The van der Waals surface area contributed by atoms with Crippen LogP contribution in [-0.4, -0.2) is 33.5 Å². The van der Waals surface area contributed by atoms with Crippen molar-refractivity contribution in [3.8, 4) is 5.88 Å². The van der Waals surface area contributed by atoms with Gasteiger partial charge in [0.15, 0.2) is 11.5 Å². The topological polar surface area (TPSA) is 64.3 Å². The number of hydrogen-bond donors (Lipinski definition) is 1. The van der Waals surface area contributed by atoms with Crippen molar-refractivity contribution in [3.63, 3.8) is 0 Å². The number of aromatic nitrogens is 4. The fraction of sp³-hybridized carbons (Fsp3) is 0.545. The fourth-order valence-electron chi connectivity index (χ4n) is 2.19. The van der Waals surface area contributed by atoms with Crippen molar-refractivity contribution in [2.24, 2.45) is 0 Å². The standard InChI is InChI=1S/C11H15N5O/c1-17-10-6-5-9-13-14-11(16(9)15-10)8-4-2-3-7-12-8/h5-6,8,12H,2-4,7H2,1H3. The Morgan fingerprint density at radius 3 is 3.06 bits per heavy atom. The Kier molecular flexibility index (Phi) is 2.64. The second kappa shape index (κ2) is 4.29. The first-order valence-corrected chi connectivity index (χ1v) is 5.88. The largest absolute Gasteiger partial charge is 0.480 e. The summed E-state index contributed by atoms with van der Waals surface area (Å²) in [4.78, 5) is 0. The number of piperidine rings is 1. The molecule has 0 aliphatic carbocycles. The Morgan fingerprint density at radius 1 is 1.35 bits per heavy atom. The van der Waals surface area contributed by atoms with Crippen molar-refractivity contribution < 1.29 is 4.74 Å². The van der Waals surface area contributed by atoms with E-state index in [4.69, 9.17) is 4.74 Å². The maximum Gasteiger partial charge on any atom is 0.231 e. The van der Waals surface area contributed by atoms with E-state index in [0.29, 0.717) is 5.88 Å². The molecule has 3 rings (SSSR count). The molecule has 2 aromatic heterocycles. The third-order valence-corrected chi connectivity index (χ3v) is 3.09. The zero-order valence-electron chi connectivity index (χ0n) is 9.76. The van der Waals surface area contributed by atoms with Gasteiger partial charge in [-0.1, -0.05) is 6.42 Å². The first-order chi connectivity index (χ1) is 8.38. The van der Waals surface area contributed by atoms with Crippen molar-refractivity contribution in [1.82, 2.24) is 25.1 Å². The van der Waals surface area contributed by atoms with Gasteiger partial charge in [-0.05, 0) is 25.5 Å². The molecule has 0 saturated carbocycles. The van der Waals surface area contributed by atoms with Crippen LogP contribution in [-0.2, 0) is 0 Å². The maximum atomic E-state index is 5.13. The Morgan fingerprint density at radius 2 is 2.29 bits per heavy atom. The van der Waals surface area contributed by atoms with E-state index in [1.54, 1.807) is 17.7 Å². The Hall–Kier alpha value is -1.69. The minimum absolute atomic E-state index is 0.248. The molecule has 0 amide bonds. The highest BCUT2D eigenvalue weighted by Gasteiger charge is 2.21. The van der Waals surface area contributed by atoms with Crippen LogP contribution in [0.25, 0.3) is 5.65 Å². The lowest BCUT2D eigenvalue weighted by molar-refractivity contribution is 0.375. The number of methoxy groups -OCH3 is 1. The molecular formula is C11H15N5O. The van der Waals surface area contributed by atoms with Gasteiger partial charge in [0, 0.05) is 6.07 Å². The van der Waals surface area contributed by atoms with Gasteiger partial charge in [-0.3, -0.25) is 0 Å². The van der Waals surface area contributed by atoms with Gasteiger partial charge >= 0.3 is 0 Å². The average Bonchev–Trinajstić information content (AvgIpc) is 2.82. The third-order valence-electron chi connectivity index (χ3n) is 3.09. The van der Waals surface area contributed by atoms with Crippen molar-refractivity contribution >= 4 is 5.65 Å². The quantitative estimate of drug-likeness (QED) is 0.836. The molecule has 6 nitrogen and oxygen atoms in total. The maximum absolute atomic E-state index is 5.13. The molecule has 2 aromatic rings. The molecule has 1 unspecified atom stereocenters.